The summed E-state index contributed by atoms with van der Waals surface area (Å²) in [5.41, 5.74) is 2.42. The first-order valence-electron chi connectivity index (χ1n) is 8.43. The summed E-state index contributed by atoms with van der Waals surface area (Å²) in [6, 6.07) is 13.6. The third-order valence-electron chi connectivity index (χ3n) is 4.20. The molecule has 0 unspecified atom stereocenters. The first kappa shape index (κ1) is 16.5. The van der Waals surface area contributed by atoms with Crippen molar-refractivity contribution in [2.75, 3.05) is 6.54 Å². The molecule has 1 N–H and O–H groups in total. The van der Waals surface area contributed by atoms with Crippen molar-refractivity contribution in [2.24, 2.45) is 0 Å². The van der Waals surface area contributed by atoms with Gasteiger partial charge >= 0.3 is 0 Å². The molecule has 1 amide bonds. The molecule has 0 bridgehead atoms. The van der Waals surface area contributed by atoms with Crippen molar-refractivity contribution in [1.82, 2.24) is 20.0 Å². The van der Waals surface area contributed by atoms with E-state index in [1.165, 1.54) is 0 Å². The van der Waals surface area contributed by atoms with E-state index in [9.17, 15) is 4.79 Å². The van der Waals surface area contributed by atoms with E-state index in [0.29, 0.717) is 18.0 Å². The molecule has 4 aromatic rings. The maximum atomic E-state index is 12.2. The second-order valence-electron chi connectivity index (χ2n) is 5.96. The molecule has 3 aromatic heterocycles. The minimum atomic E-state index is -0.219. The quantitative estimate of drug-likeness (QED) is 0.526. The highest BCUT2D eigenvalue weighted by atomic mass is 32.1. The number of aryl methyl sites for hydroxylation is 2. The van der Waals surface area contributed by atoms with Crippen LogP contribution in [0.15, 0.2) is 52.4 Å². The van der Waals surface area contributed by atoms with E-state index < -0.39 is 0 Å². The highest BCUT2D eigenvalue weighted by molar-refractivity contribution is 7.13. The molecule has 7 heteroatoms. The number of carbonyl (C=O) groups excluding carboxylic acids is 1. The lowest BCUT2D eigenvalue weighted by Gasteiger charge is -2.07. The van der Waals surface area contributed by atoms with Crippen LogP contribution in [0.1, 0.15) is 22.7 Å². The van der Waals surface area contributed by atoms with Gasteiger partial charge in [-0.1, -0.05) is 23.4 Å². The molecule has 0 spiro atoms. The summed E-state index contributed by atoms with van der Waals surface area (Å²) in [6.45, 7) is 3.36. The number of hydrogen-bond donors (Lipinski definition) is 1. The largest absolute Gasteiger partial charge is 0.355 e. The van der Waals surface area contributed by atoms with Gasteiger partial charge in [-0.15, -0.1) is 11.3 Å². The number of benzene rings is 1. The Hall–Kier alpha value is -2.93. The Bertz CT molecular complexity index is 1030. The fraction of sp³-hybridized carbons (Fsp3) is 0.211. The molecular formula is C19H18N4O2S. The lowest BCUT2D eigenvalue weighted by molar-refractivity contribution is 0.0944. The third-order valence-corrected chi connectivity index (χ3v) is 5.08. The minimum Gasteiger partial charge on any atom is -0.355 e. The fourth-order valence-electron chi connectivity index (χ4n) is 2.92. The van der Waals surface area contributed by atoms with Gasteiger partial charge in [0.25, 0.3) is 5.91 Å². The monoisotopic (exact) mass is 366 g/mol. The molecule has 0 aliphatic carbocycles. The lowest BCUT2D eigenvalue weighted by atomic mass is 10.3. The van der Waals surface area contributed by atoms with Crippen LogP contribution in [0.5, 0.6) is 0 Å². The summed E-state index contributed by atoms with van der Waals surface area (Å²) in [5, 5.41) is 8.71. The Kier molecular flexibility index (Phi) is 4.53. The normalized spacial score (nSPS) is 11.1. The smallest absolute Gasteiger partial charge is 0.273 e. The van der Waals surface area contributed by atoms with Gasteiger partial charge in [0.15, 0.2) is 11.5 Å². The molecule has 132 valence electrons. The fourth-order valence-corrected chi connectivity index (χ4v) is 3.60. The van der Waals surface area contributed by atoms with E-state index in [4.69, 9.17) is 4.52 Å². The Labute approximate surface area is 154 Å². The summed E-state index contributed by atoms with van der Waals surface area (Å²) in [7, 11) is 0. The minimum absolute atomic E-state index is 0.219. The van der Waals surface area contributed by atoms with Crippen LogP contribution in [0.2, 0.25) is 0 Å². The predicted octanol–water partition coefficient (Wildman–Crippen LogP) is 3.88. The maximum absolute atomic E-state index is 12.2. The van der Waals surface area contributed by atoms with Crippen molar-refractivity contribution in [3.8, 4) is 10.6 Å². The van der Waals surface area contributed by atoms with Crippen molar-refractivity contribution in [3.05, 3.63) is 59.4 Å². The number of imidazole rings is 1. The SMILES string of the molecule is Cc1nc2ccccc2n1CCCNC(=O)c1cc(-c2cccs2)on1. The standard InChI is InChI=1S/C19H18N4O2S/c1-13-21-14-6-2-3-7-16(14)23(13)10-5-9-20-19(24)15-12-17(25-22-15)18-8-4-11-26-18/h2-4,6-8,11-12H,5,9-10H2,1H3,(H,20,24). The van der Waals surface area contributed by atoms with Crippen molar-refractivity contribution in [2.45, 2.75) is 19.9 Å². The van der Waals surface area contributed by atoms with Crippen LogP contribution in [0.4, 0.5) is 0 Å². The Morgan fingerprint density at radius 3 is 3.00 bits per heavy atom. The zero-order valence-corrected chi connectivity index (χ0v) is 15.1. The zero-order valence-electron chi connectivity index (χ0n) is 14.3. The molecule has 26 heavy (non-hydrogen) atoms. The Morgan fingerprint density at radius 2 is 2.15 bits per heavy atom. The van der Waals surface area contributed by atoms with Gasteiger partial charge in [-0.05, 0) is 36.9 Å². The average Bonchev–Trinajstić information content (AvgIpc) is 3.38. The number of carbonyl (C=O) groups is 1. The van der Waals surface area contributed by atoms with Gasteiger partial charge in [-0.25, -0.2) is 4.98 Å². The number of fused-ring (bicyclic) bond motifs is 1. The molecule has 0 radical (unpaired) electrons. The van der Waals surface area contributed by atoms with Crippen molar-refractivity contribution in [3.63, 3.8) is 0 Å². The van der Waals surface area contributed by atoms with Gasteiger partial charge in [0.05, 0.1) is 15.9 Å². The molecule has 0 aliphatic rings. The molecule has 3 heterocycles. The van der Waals surface area contributed by atoms with Crippen molar-refractivity contribution in [1.29, 1.82) is 0 Å². The third kappa shape index (κ3) is 3.25. The van der Waals surface area contributed by atoms with E-state index in [2.05, 4.69) is 26.1 Å². The van der Waals surface area contributed by atoms with Crippen molar-refractivity contribution >= 4 is 28.3 Å². The second kappa shape index (κ2) is 7.13. The van der Waals surface area contributed by atoms with Crippen LogP contribution in [0, 0.1) is 6.92 Å². The molecular weight excluding hydrogens is 348 g/mol. The zero-order chi connectivity index (χ0) is 17.9. The summed E-state index contributed by atoms with van der Waals surface area (Å²) < 4.78 is 7.42. The van der Waals surface area contributed by atoms with Crippen LogP contribution in [-0.2, 0) is 6.54 Å². The number of thiophene rings is 1. The molecule has 0 saturated heterocycles. The Balaban J connectivity index is 1.33. The van der Waals surface area contributed by atoms with Gasteiger partial charge in [0, 0.05) is 19.2 Å². The van der Waals surface area contributed by atoms with Gasteiger partial charge in [-0.3, -0.25) is 4.79 Å². The van der Waals surface area contributed by atoms with Gasteiger partial charge in [-0.2, -0.15) is 0 Å². The van der Waals surface area contributed by atoms with Gasteiger partial charge in [0.2, 0.25) is 0 Å². The van der Waals surface area contributed by atoms with E-state index in [0.717, 1.165) is 34.7 Å². The van der Waals surface area contributed by atoms with Crippen LogP contribution >= 0.6 is 11.3 Å². The average molecular weight is 366 g/mol. The number of rotatable bonds is 6. The number of amides is 1. The number of nitrogens with one attached hydrogen (secondary N) is 1. The van der Waals surface area contributed by atoms with Crippen LogP contribution in [0.3, 0.4) is 0 Å². The van der Waals surface area contributed by atoms with Crippen LogP contribution < -0.4 is 5.32 Å². The number of aromatic nitrogens is 3. The molecule has 0 saturated carbocycles. The molecule has 6 nitrogen and oxygen atoms in total. The summed E-state index contributed by atoms with van der Waals surface area (Å²) in [6.07, 6.45) is 0.808. The summed E-state index contributed by atoms with van der Waals surface area (Å²) >= 11 is 1.55. The number of nitrogens with zero attached hydrogens (tertiary/aromatic N) is 3. The lowest BCUT2D eigenvalue weighted by Crippen LogP contribution is -2.25. The van der Waals surface area contributed by atoms with Crippen LogP contribution in [0.25, 0.3) is 21.7 Å². The van der Waals surface area contributed by atoms with Crippen molar-refractivity contribution < 1.29 is 9.32 Å². The highest BCUT2D eigenvalue weighted by Gasteiger charge is 2.14. The van der Waals surface area contributed by atoms with Gasteiger partial charge < -0.3 is 14.4 Å². The van der Waals surface area contributed by atoms with E-state index in [1.807, 2.05) is 42.6 Å². The summed E-state index contributed by atoms with van der Waals surface area (Å²) in [5.74, 6) is 1.38. The van der Waals surface area contributed by atoms with E-state index in [1.54, 1.807) is 17.4 Å². The van der Waals surface area contributed by atoms with E-state index >= 15 is 0 Å². The first-order valence-corrected chi connectivity index (χ1v) is 9.31. The topological polar surface area (TPSA) is 73.0 Å². The Morgan fingerprint density at radius 1 is 1.27 bits per heavy atom. The number of para-hydroxylation sites is 2. The summed E-state index contributed by atoms with van der Waals surface area (Å²) in [4.78, 5) is 17.7. The highest BCUT2D eigenvalue weighted by Crippen LogP contribution is 2.25. The second-order valence-corrected chi connectivity index (χ2v) is 6.91. The molecule has 0 aliphatic heterocycles. The molecule has 4 rings (SSSR count). The van der Waals surface area contributed by atoms with Crippen LogP contribution in [-0.4, -0.2) is 27.2 Å². The predicted molar refractivity (Wildman–Crippen MR) is 101 cm³/mol. The molecule has 0 atom stereocenters. The maximum Gasteiger partial charge on any atom is 0.273 e. The van der Waals surface area contributed by atoms with E-state index in [-0.39, 0.29) is 5.91 Å². The number of hydrogen-bond acceptors (Lipinski definition) is 5. The molecule has 0 fully saturated rings. The van der Waals surface area contributed by atoms with Gasteiger partial charge in [0.1, 0.15) is 5.82 Å². The molecule has 1 aromatic carbocycles. The first-order chi connectivity index (χ1) is 12.7.